The van der Waals surface area contributed by atoms with E-state index in [1.165, 1.54) is 0 Å². The van der Waals surface area contributed by atoms with E-state index in [2.05, 4.69) is 15.7 Å². The van der Waals surface area contributed by atoms with Gasteiger partial charge >= 0.3 is 0 Å². The molecular formula is C18H24N4O2. The Morgan fingerprint density at radius 2 is 1.92 bits per heavy atom. The minimum atomic E-state index is -0.212. The van der Waals surface area contributed by atoms with E-state index in [9.17, 15) is 9.59 Å². The van der Waals surface area contributed by atoms with Crippen LogP contribution in [0.15, 0.2) is 30.5 Å². The first-order chi connectivity index (χ1) is 11.4. The van der Waals surface area contributed by atoms with E-state index in [1.54, 1.807) is 28.9 Å². The summed E-state index contributed by atoms with van der Waals surface area (Å²) in [7, 11) is 1.85. The second kappa shape index (κ2) is 7.77. The van der Waals surface area contributed by atoms with Crippen LogP contribution in [0.2, 0.25) is 0 Å². The molecule has 1 heterocycles. The first-order valence-electron chi connectivity index (χ1n) is 8.11. The minimum Gasteiger partial charge on any atom is -0.352 e. The lowest BCUT2D eigenvalue weighted by Crippen LogP contribution is -2.28. The van der Waals surface area contributed by atoms with Gasteiger partial charge in [0.2, 0.25) is 0 Å². The van der Waals surface area contributed by atoms with Crippen molar-refractivity contribution in [2.45, 2.75) is 33.2 Å². The summed E-state index contributed by atoms with van der Waals surface area (Å²) in [6, 6.07) is 6.58. The number of carbonyl (C=O) groups excluding carboxylic acids is 2. The highest BCUT2D eigenvalue weighted by molar-refractivity contribution is 5.99. The molecule has 0 saturated carbocycles. The van der Waals surface area contributed by atoms with Gasteiger partial charge in [0.25, 0.3) is 11.8 Å². The fraction of sp³-hybridized carbons (Fsp3) is 0.389. The predicted molar refractivity (Wildman–Crippen MR) is 92.9 cm³/mol. The molecule has 2 amide bonds. The fourth-order valence-corrected chi connectivity index (χ4v) is 2.54. The Morgan fingerprint density at radius 1 is 1.25 bits per heavy atom. The third kappa shape index (κ3) is 4.22. The molecule has 0 spiro atoms. The predicted octanol–water partition coefficient (Wildman–Crippen LogP) is 2.36. The van der Waals surface area contributed by atoms with Crippen LogP contribution in [0.5, 0.6) is 0 Å². The fourth-order valence-electron chi connectivity index (χ4n) is 2.54. The van der Waals surface area contributed by atoms with Gasteiger partial charge in [-0.2, -0.15) is 5.10 Å². The van der Waals surface area contributed by atoms with Crippen molar-refractivity contribution in [2.24, 2.45) is 7.05 Å². The smallest absolute Gasteiger partial charge is 0.251 e. The number of benzene rings is 1. The highest BCUT2D eigenvalue weighted by Crippen LogP contribution is 2.16. The van der Waals surface area contributed by atoms with Gasteiger partial charge in [-0.05, 0) is 38.5 Å². The molecule has 1 aromatic carbocycles. The Kier molecular flexibility index (Phi) is 5.73. The highest BCUT2D eigenvalue weighted by Gasteiger charge is 2.16. The molecule has 1 unspecified atom stereocenters. The second-order valence-corrected chi connectivity index (χ2v) is 5.88. The van der Waals surface area contributed by atoms with Crippen LogP contribution < -0.4 is 10.6 Å². The quantitative estimate of drug-likeness (QED) is 0.855. The molecule has 6 heteroatoms. The maximum Gasteiger partial charge on any atom is 0.251 e. The van der Waals surface area contributed by atoms with E-state index in [0.29, 0.717) is 17.7 Å². The van der Waals surface area contributed by atoms with Crippen molar-refractivity contribution >= 4 is 11.8 Å². The van der Waals surface area contributed by atoms with Crippen LogP contribution in [0.3, 0.4) is 0 Å². The van der Waals surface area contributed by atoms with Crippen molar-refractivity contribution in [3.8, 4) is 0 Å². The van der Waals surface area contributed by atoms with Gasteiger partial charge in [-0.1, -0.05) is 13.0 Å². The highest BCUT2D eigenvalue weighted by atomic mass is 16.2. The maximum atomic E-state index is 12.5. The molecule has 24 heavy (non-hydrogen) atoms. The average molecular weight is 328 g/mol. The molecule has 0 saturated heterocycles. The standard InChI is InChI=1S/C18H24N4O2/c1-5-9-19-17(23)14-7-6-8-15(10-14)18(24)20-12(2)16-11-22(4)21-13(16)3/h6-8,10-12H,5,9H2,1-4H3,(H,19,23)(H,20,24). The molecule has 0 bridgehead atoms. The number of nitrogens with one attached hydrogen (secondary N) is 2. The summed E-state index contributed by atoms with van der Waals surface area (Å²) in [5.41, 5.74) is 2.81. The molecule has 1 atom stereocenters. The van der Waals surface area contributed by atoms with E-state index < -0.39 is 0 Å². The Labute approximate surface area is 142 Å². The lowest BCUT2D eigenvalue weighted by atomic mass is 10.1. The normalized spacial score (nSPS) is 11.8. The number of rotatable bonds is 6. The van der Waals surface area contributed by atoms with Crippen LogP contribution in [0.1, 0.15) is 58.3 Å². The number of hydrogen-bond donors (Lipinski definition) is 2. The summed E-state index contributed by atoms with van der Waals surface area (Å²) in [6.45, 7) is 6.44. The molecule has 0 fully saturated rings. The molecular weight excluding hydrogens is 304 g/mol. The number of nitrogens with zero attached hydrogens (tertiary/aromatic N) is 2. The summed E-state index contributed by atoms with van der Waals surface area (Å²) in [5.74, 6) is -0.376. The van der Waals surface area contributed by atoms with Crippen LogP contribution in [0, 0.1) is 6.92 Å². The zero-order chi connectivity index (χ0) is 17.7. The first-order valence-corrected chi connectivity index (χ1v) is 8.11. The van der Waals surface area contributed by atoms with Crippen molar-refractivity contribution in [3.05, 3.63) is 52.8 Å². The van der Waals surface area contributed by atoms with E-state index in [0.717, 1.165) is 17.7 Å². The van der Waals surface area contributed by atoms with Crippen LogP contribution >= 0.6 is 0 Å². The summed E-state index contributed by atoms with van der Waals surface area (Å²) >= 11 is 0. The van der Waals surface area contributed by atoms with Gasteiger partial charge in [-0.25, -0.2) is 0 Å². The molecule has 2 N–H and O–H groups in total. The van der Waals surface area contributed by atoms with Crippen molar-refractivity contribution < 1.29 is 9.59 Å². The topological polar surface area (TPSA) is 76.0 Å². The van der Waals surface area contributed by atoms with Crippen LogP contribution in [0.4, 0.5) is 0 Å². The Bertz CT molecular complexity index is 736. The average Bonchev–Trinajstić information content (AvgIpc) is 2.91. The zero-order valence-corrected chi connectivity index (χ0v) is 14.6. The lowest BCUT2D eigenvalue weighted by Gasteiger charge is -2.14. The molecule has 0 aliphatic heterocycles. The lowest BCUT2D eigenvalue weighted by molar-refractivity contribution is 0.0939. The monoisotopic (exact) mass is 328 g/mol. The summed E-state index contributed by atoms with van der Waals surface area (Å²) in [4.78, 5) is 24.5. The van der Waals surface area contributed by atoms with Crippen LogP contribution in [-0.2, 0) is 7.05 Å². The molecule has 0 aliphatic rings. The maximum absolute atomic E-state index is 12.5. The third-order valence-corrected chi connectivity index (χ3v) is 3.79. The summed E-state index contributed by atoms with van der Waals surface area (Å²) in [6.07, 6.45) is 2.77. The largest absolute Gasteiger partial charge is 0.352 e. The number of hydrogen-bond acceptors (Lipinski definition) is 3. The number of amides is 2. The van der Waals surface area contributed by atoms with Crippen LogP contribution in [0.25, 0.3) is 0 Å². The molecule has 1 aromatic heterocycles. The number of aryl methyl sites for hydroxylation is 2. The Morgan fingerprint density at radius 3 is 2.50 bits per heavy atom. The van der Waals surface area contributed by atoms with E-state index in [-0.39, 0.29) is 17.9 Å². The van der Waals surface area contributed by atoms with Crippen molar-refractivity contribution in [2.75, 3.05) is 6.54 Å². The summed E-state index contributed by atoms with van der Waals surface area (Å²) < 4.78 is 1.73. The van der Waals surface area contributed by atoms with E-state index >= 15 is 0 Å². The first kappa shape index (κ1) is 17.7. The summed E-state index contributed by atoms with van der Waals surface area (Å²) in [5, 5.41) is 10.1. The molecule has 6 nitrogen and oxygen atoms in total. The minimum absolute atomic E-state index is 0.163. The number of aromatic nitrogens is 2. The van der Waals surface area contributed by atoms with Gasteiger partial charge in [-0.15, -0.1) is 0 Å². The van der Waals surface area contributed by atoms with Crippen LogP contribution in [-0.4, -0.2) is 28.1 Å². The Hall–Kier alpha value is -2.63. The third-order valence-electron chi connectivity index (χ3n) is 3.79. The van der Waals surface area contributed by atoms with E-state index in [1.807, 2.05) is 34.0 Å². The van der Waals surface area contributed by atoms with Gasteiger partial charge in [-0.3, -0.25) is 14.3 Å². The van der Waals surface area contributed by atoms with Gasteiger partial charge in [0.1, 0.15) is 0 Å². The zero-order valence-electron chi connectivity index (χ0n) is 14.6. The van der Waals surface area contributed by atoms with E-state index in [4.69, 9.17) is 0 Å². The second-order valence-electron chi connectivity index (χ2n) is 5.88. The number of carbonyl (C=O) groups is 2. The molecule has 128 valence electrons. The van der Waals surface area contributed by atoms with Crippen molar-refractivity contribution in [1.29, 1.82) is 0 Å². The van der Waals surface area contributed by atoms with Gasteiger partial charge in [0.05, 0.1) is 11.7 Å². The van der Waals surface area contributed by atoms with Crippen molar-refractivity contribution in [3.63, 3.8) is 0 Å². The molecule has 2 aromatic rings. The Balaban J connectivity index is 2.09. The van der Waals surface area contributed by atoms with Gasteiger partial charge in [0, 0.05) is 36.5 Å². The molecule has 0 aliphatic carbocycles. The SMILES string of the molecule is CCCNC(=O)c1cccc(C(=O)NC(C)c2cn(C)nc2C)c1. The van der Waals surface area contributed by atoms with Crippen molar-refractivity contribution in [1.82, 2.24) is 20.4 Å². The van der Waals surface area contributed by atoms with Gasteiger partial charge < -0.3 is 10.6 Å². The molecule has 0 radical (unpaired) electrons. The molecule has 2 rings (SSSR count). The van der Waals surface area contributed by atoms with Gasteiger partial charge in [0.15, 0.2) is 0 Å².